The van der Waals surface area contributed by atoms with Gasteiger partial charge in [0.25, 0.3) is 0 Å². The standard InChI is InChI=1S/C14H26BrN3/c1-6-10(4)12(16-7-2)9-13-14(15)11(5)17-18(13)8-3/h10,12,16H,6-9H2,1-5H3. The van der Waals surface area contributed by atoms with E-state index in [-0.39, 0.29) is 0 Å². The summed E-state index contributed by atoms with van der Waals surface area (Å²) in [6.45, 7) is 12.9. The Morgan fingerprint density at radius 1 is 1.33 bits per heavy atom. The Kier molecular flexibility index (Phi) is 6.36. The summed E-state index contributed by atoms with van der Waals surface area (Å²) in [4.78, 5) is 0. The highest BCUT2D eigenvalue weighted by Crippen LogP contribution is 2.24. The first-order valence-electron chi connectivity index (χ1n) is 7.00. The Labute approximate surface area is 119 Å². The molecule has 0 fully saturated rings. The molecule has 2 atom stereocenters. The van der Waals surface area contributed by atoms with E-state index >= 15 is 0 Å². The van der Waals surface area contributed by atoms with Crippen LogP contribution in [-0.4, -0.2) is 22.4 Å². The normalized spacial score (nSPS) is 14.8. The van der Waals surface area contributed by atoms with Gasteiger partial charge in [-0.05, 0) is 42.2 Å². The highest BCUT2D eigenvalue weighted by atomic mass is 79.9. The largest absolute Gasteiger partial charge is 0.314 e. The van der Waals surface area contributed by atoms with Crippen molar-refractivity contribution in [2.75, 3.05) is 6.54 Å². The Hall–Kier alpha value is -0.350. The molecule has 0 saturated carbocycles. The zero-order valence-electron chi connectivity index (χ0n) is 12.3. The number of hydrogen-bond donors (Lipinski definition) is 1. The average molecular weight is 316 g/mol. The third-order valence-electron chi connectivity index (χ3n) is 3.66. The zero-order valence-corrected chi connectivity index (χ0v) is 13.8. The number of aryl methyl sites for hydroxylation is 2. The van der Waals surface area contributed by atoms with E-state index in [1.165, 1.54) is 16.6 Å². The maximum absolute atomic E-state index is 4.57. The van der Waals surface area contributed by atoms with E-state index in [1.54, 1.807) is 0 Å². The van der Waals surface area contributed by atoms with Gasteiger partial charge in [-0.15, -0.1) is 0 Å². The van der Waals surface area contributed by atoms with Crippen molar-refractivity contribution in [1.29, 1.82) is 0 Å². The van der Waals surface area contributed by atoms with Crippen LogP contribution in [0.25, 0.3) is 0 Å². The lowest BCUT2D eigenvalue weighted by Crippen LogP contribution is -2.37. The predicted octanol–water partition coefficient (Wildman–Crippen LogP) is 3.54. The van der Waals surface area contributed by atoms with Gasteiger partial charge in [0.05, 0.1) is 15.9 Å². The summed E-state index contributed by atoms with van der Waals surface area (Å²) in [7, 11) is 0. The van der Waals surface area contributed by atoms with Crippen molar-refractivity contribution in [2.45, 2.75) is 60.0 Å². The van der Waals surface area contributed by atoms with Crippen LogP contribution in [0.2, 0.25) is 0 Å². The van der Waals surface area contributed by atoms with Crippen molar-refractivity contribution in [3.63, 3.8) is 0 Å². The van der Waals surface area contributed by atoms with Crippen molar-refractivity contribution < 1.29 is 0 Å². The van der Waals surface area contributed by atoms with E-state index in [2.05, 4.69) is 65.6 Å². The van der Waals surface area contributed by atoms with Crippen LogP contribution in [0.1, 0.15) is 45.5 Å². The van der Waals surface area contributed by atoms with Crippen LogP contribution in [-0.2, 0) is 13.0 Å². The molecule has 0 amide bonds. The molecule has 0 bridgehead atoms. The number of halogens is 1. The smallest absolute Gasteiger partial charge is 0.0738 e. The van der Waals surface area contributed by atoms with Gasteiger partial charge < -0.3 is 5.32 Å². The van der Waals surface area contributed by atoms with Crippen LogP contribution in [0.3, 0.4) is 0 Å². The molecule has 18 heavy (non-hydrogen) atoms. The van der Waals surface area contributed by atoms with Crippen LogP contribution in [0.15, 0.2) is 4.47 Å². The predicted molar refractivity (Wildman–Crippen MR) is 81.0 cm³/mol. The summed E-state index contributed by atoms with van der Waals surface area (Å²) in [5.74, 6) is 0.678. The summed E-state index contributed by atoms with van der Waals surface area (Å²) < 4.78 is 3.29. The molecule has 2 unspecified atom stereocenters. The number of likely N-dealkylation sites (N-methyl/N-ethyl adjacent to an activating group) is 1. The van der Waals surface area contributed by atoms with Gasteiger partial charge in [-0.2, -0.15) is 5.10 Å². The molecular weight excluding hydrogens is 290 g/mol. The summed E-state index contributed by atoms with van der Waals surface area (Å²) in [6, 6.07) is 0.526. The van der Waals surface area contributed by atoms with Gasteiger partial charge >= 0.3 is 0 Å². The Balaban J connectivity index is 2.92. The quantitative estimate of drug-likeness (QED) is 0.834. The van der Waals surface area contributed by atoms with Crippen LogP contribution < -0.4 is 5.32 Å². The third kappa shape index (κ3) is 3.58. The number of hydrogen-bond acceptors (Lipinski definition) is 2. The summed E-state index contributed by atoms with van der Waals surface area (Å²) in [6.07, 6.45) is 2.24. The molecule has 4 heteroatoms. The number of rotatable bonds is 7. The molecule has 1 rings (SSSR count). The zero-order chi connectivity index (χ0) is 13.7. The lowest BCUT2D eigenvalue weighted by molar-refractivity contribution is 0.363. The molecule has 0 aromatic carbocycles. The summed E-state index contributed by atoms with van der Waals surface area (Å²) in [5.41, 5.74) is 2.41. The Morgan fingerprint density at radius 2 is 2.00 bits per heavy atom. The molecule has 1 heterocycles. The monoisotopic (exact) mass is 315 g/mol. The maximum Gasteiger partial charge on any atom is 0.0738 e. The minimum atomic E-state index is 0.526. The van der Waals surface area contributed by atoms with Crippen molar-refractivity contribution >= 4 is 15.9 Å². The topological polar surface area (TPSA) is 29.9 Å². The summed E-state index contributed by atoms with van der Waals surface area (Å²) in [5, 5.41) is 8.18. The fraction of sp³-hybridized carbons (Fsp3) is 0.786. The molecule has 0 aliphatic heterocycles. The summed E-state index contributed by atoms with van der Waals surface area (Å²) >= 11 is 3.68. The second-order valence-corrected chi connectivity index (χ2v) is 5.71. The fourth-order valence-corrected chi connectivity index (χ4v) is 2.74. The number of nitrogens with zero attached hydrogens (tertiary/aromatic N) is 2. The van der Waals surface area contributed by atoms with Gasteiger partial charge in [-0.1, -0.05) is 27.2 Å². The molecule has 1 aromatic rings. The number of nitrogens with one attached hydrogen (secondary N) is 1. The highest BCUT2D eigenvalue weighted by Gasteiger charge is 2.20. The van der Waals surface area contributed by atoms with E-state index in [4.69, 9.17) is 0 Å². The SMILES string of the molecule is CCNC(Cc1c(Br)c(C)nn1CC)C(C)CC. The average Bonchev–Trinajstić information content (AvgIpc) is 2.64. The van der Waals surface area contributed by atoms with Gasteiger partial charge in [-0.25, -0.2) is 0 Å². The van der Waals surface area contributed by atoms with E-state index in [0.29, 0.717) is 12.0 Å². The van der Waals surface area contributed by atoms with E-state index in [1.807, 2.05) is 0 Å². The van der Waals surface area contributed by atoms with Gasteiger partial charge in [0.2, 0.25) is 0 Å². The minimum Gasteiger partial charge on any atom is -0.314 e. The number of aromatic nitrogens is 2. The van der Waals surface area contributed by atoms with E-state index in [0.717, 1.165) is 25.2 Å². The lowest BCUT2D eigenvalue weighted by Gasteiger charge is -2.24. The molecule has 0 radical (unpaired) electrons. The second kappa shape index (κ2) is 7.29. The third-order valence-corrected chi connectivity index (χ3v) is 4.69. The van der Waals surface area contributed by atoms with E-state index < -0.39 is 0 Å². The molecule has 0 spiro atoms. The van der Waals surface area contributed by atoms with Crippen molar-refractivity contribution in [3.05, 3.63) is 15.9 Å². The maximum atomic E-state index is 4.57. The van der Waals surface area contributed by atoms with E-state index in [9.17, 15) is 0 Å². The van der Waals surface area contributed by atoms with Crippen molar-refractivity contribution in [3.8, 4) is 0 Å². The minimum absolute atomic E-state index is 0.526. The van der Waals surface area contributed by atoms with Crippen molar-refractivity contribution in [2.24, 2.45) is 5.92 Å². The fourth-order valence-electron chi connectivity index (χ4n) is 2.29. The first-order valence-corrected chi connectivity index (χ1v) is 7.79. The van der Waals surface area contributed by atoms with Gasteiger partial charge in [0.15, 0.2) is 0 Å². The molecule has 1 aromatic heterocycles. The molecule has 0 aliphatic carbocycles. The van der Waals surface area contributed by atoms with Gasteiger partial charge in [0.1, 0.15) is 0 Å². The Bertz CT molecular complexity index is 373. The van der Waals surface area contributed by atoms with Crippen LogP contribution in [0.4, 0.5) is 0 Å². The molecule has 104 valence electrons. The molecule has 1 N–H and O–H groups in total. The lowest BCUT2D eigenvalue weighted by atomic mass is 9.95. The molecule has 3 nitrogen and oxygen atoms in total. The van der Waals surface area contributed by atoms with Crippen LogP contribution in [0, 0.1) is 12.8 Å². The molecule has 0 aliphatic rings. The van der Waals surface area contributed by atoms with Gasteiger partial charge in [-0.3, -0.25) is 4.68 Å². The molecule has 0 saturated heterocycles. The van der Waals surface area contributed by atoms with Crippen LogP contribution in [0.5, 0.6) is 0 Å². The van der Waals surface area contributed by atoms with Crippen molar-refractivity contribution in [1.82, 2.24) is 15.1 Å². The van der Waals surface area contributed by atoms with Gasteiger partial charge in [0, 0.05) is 19.0 Å². The molecular formula is C14H26BrN3. The van der Waals surface area contributed by atoms with Crippen LogP contribution >= 0.6 is 15.9 Å². The first kappa shape index (κ1) is 15.7. The Morgan fingerprint density at radius 3 is 2.50 bits per heavy atom. The highest BCUT2D eigenvalue weighted by molar-refractivity contribution is 9.10. The first-order chi connectivity index (χ1) is 8.54. The second-order valence-electron chi connectivity index (χ2n) is 4.92.